The van der Waals surface area contributed by atoms with Gasteiger partial charge in [-0.25, -0.2) is 0 Å². The third-order valence-corrected chi connectivity index (χ3v) is 3.34. The Morgan fingerprint density at radius 1 is 0.857 bits per heavy atom. The molecule has 0 aromatic carbocycles. The molecule has 0 amide bonds. The van der Waals surface area contributed by atoms with Gasteiger partial charge < -0.3 is 19.7 Å². The van der Waals surface area contributed by atoms with Gasteiger partial charge >= 0.3 is 23.9 Å². The summed E-state index contributed by atoms with van der Waals surface area (Å²) < 4.78 is 9.07. The second-order valence-electron chi connectivity index (χ2n) is 4.38. The number of esters is 2. The van der Waals surface area contributed by atoms with Crippen molar-refractivity contribution < 1.29 is 38.9 Å². The summed E-state index contributed by atoms with van der Waals surface area (Å²) in [5.41, 5.74) is 0. The van der Waals surface area contributed by atoms with E-state index in [1.54, 1.807) is 0 Å². The number of aliphatic carboxylic acids is 2. The van der Waals surface area contributed by atoms with E-state index in [2.05, 4.69) is 22.6 Å². The summed E-state index contributed by atoms with van der Waals surface area (Å²) in [5, 5.41) is 18.3. The van der Waals surface area contributed by atoms with Crippen LogP contribution in [0.3, 0.4) is 0 Å². The highest BCUT2D eigenvalue weighted by atomic mass is 16.5. The van der Waals surface area contributed by atoms with Crippen LogP contribution in [0.1, 0.15) is 6.42 Å². The smallest absolute Gasteiger partial charge is 0.315 e. The standard InChI is InChI=1S/C13H14O8/c1-3-20-12(18)7-5-6(10(14)15)8(11(16)17)9(7)13(19)21-4-2/h3-4,6-9H,1-2,5H2,(H,14,15)(H,16,17). The number of rotatable bonds is 6. The zero-order chi connectivity index (χ0) is 16.2. The van der Waals surface area contributed by atoms with Gasteiger partial charge in [-0.3, -0.25) is 19.2 Å². The molecule has 4 atom stereocenters. The van der Waals surface area contributed by atoms with E-state index in [0.717, 1.165) is 12.5 Å². The number of hydrogen-bond donors (Lipinski definition) is 2. The predicted octanol–water partition coefficient (Wildman–Crippen LogP) is 0.397. The highest BCUT2D eigenvalue weighted by molar-refractivity contribution is 5.92. The summed E-state index contributed by atoms with van der Waals surface area (Å²) in [5.74, 6) is -10.6. The molecule has 1 saturated carbocycles. The van der Waals surface area contributed by atoms with Gasteiger partial charge in [-0.2, -0.15) is 0 Å². The molecular weight excluding hydrogens is 284 g/mol. The Morgan fingerprint density at radius 3 is 1.81 bits per heavy atom. The van der Waals surface area contributed by atoms with Crippen molar-refractivity contribution in [3.63, 3.8) is 0 Å². The van der Waals surface area contributed by atoms with Gasteiger partial charge in [-0.15, -0.1) is 0 Å². The number of carboxylic acid groups (broad SMARTS) is 2. The molecule has 2 N–H and O–H groups in total. The lowest BCUT2D eigenvalue weighted by Crippen LogP contribution is -2.36. The molecule has 21 heavy (non-hydrogen) atoms. The van der Waals surface area contributed by atoms with Gasteiger partial charge in [0.25, 0.3) is 0 Å². The Hall–Kier alpha value is -2.64. The van der Waals surface area contributed by atoms with E-state index in [0.29, 0.717) is 0 Å². The van der Waals surface area contributed by atoms with E-state index in [-0.39, 0.29) is 6.42 Å². The summed E-state index contributed by atoms with van der Waals surface area (Å²) in [6.07, 6.45) is 1.27. The predicted molar refractivity (Wildman–Crippen MR) is 66.4 cm³/mol. The third-order valence-electron chi connectivity index (χ3n) is 3.34. The van der Waals surface area contributed by atoms with Crippen LogP contribution < -0.4 is 0 Å². The Labute approximate surface area is 119 Å². The maximum atomic E-state index is 11.9. The van der Waals surface area contributed by atoms with Crippen molar-refractivity contribution in [3.8, 4) is 0 Å². The first kappa shape index (κ1) is 16.4. The fourth-order valence-electron chi connectivity index (χ4n) is 2.53. The minimum atomic E-state index is -1.59. The molecule has 0 spiro atoms. The molecule has 4 unspecified atom stereocenters. The molecule has 114 valence electrons. The molecule has 0 aromatic rings. The first-order valence-electron chi connectivity index (χ1n) is 5.93. The van der Waals surface area contributed by atoms with Crippen LogP contribution >= 0.6 is 0 Å². The van der Waals surface area contributed by atoms with E-state index in [1.807, 2.05) is 0 Å². The average Bonchev–Trinajstić information content (AvgIpc) is 2.79. The van der Waals surface area contributed by atoms with Crippen molar-refractivity contribution in [1.82, 2.24) is 0 Å². The number of carbonyl (C=O) groups excluding carboxylic acids is 2. The lowest BCUT2D eigenvalue weighted by atomic mass is 9.87. The van der Waals surface area contributed by atoms with E-state index in [1.165, 1.54) is 0 Å². The lowest BCUT2D eigenvalue weighted by Gasteiger charge is -2.19. The minimum Gasteiger partial charge on any atom is -0.481 e. The second-order valence-corrected chi connectivity index (χ2v) is 4.38. The van der Waals surface area contributed by atoms with Crippen LogP contribution in [-0.4, -0.2) is 34.1 Å². The average molecular weight is 298 g/mol. The third kappa shape index (κ3) is 3.28. The van der Waals surface area contributed by atoms with Crippen molar-refractivity contribution in [3.05, 3.63) is 25.7 Å². The minimum absolute atomic E-state index is 0.337. The molecular formula is C13H14O8. The number of carbonyl (C=O) groups is 4. The molecule has 0 saturated heterocycles. The van der Waals surface area contributed by atoms with Crippen molar-refractivity contribution in [2.24, 2.45) is 23.7 Å². The van der Waals surface area contributed by atoms with Crippen LogP contribution in [0, 0.1) is 23.7 Å². The molecule has 8 nitrogen and oxygen atoms in total. The summed E-state index contributed by atoms with van der Waals surface area (Å²) in [6, 6.07) is 0. The molecule has 0 aliphatic heterocycles. The molecule has 1 rings (SSSR count). The largest absolute Gasteiger partial charge is 0.481 e. The zero-order valence-corrected chi connectivity index (χ0v) is 10.9. The normalized spacial score (nSPS) is 27.4. The van der Waals surface area contributed by atoms with Crippen LogP contribution in [0.5, 0.6) is 0 Å². The number of ether oxygens (including phenoxy) is 2. The first-order chi connectivity index (χ1) is 9.84. The van der Waals surface area contributed by atoms with E-state index in [4.69, 9.17) is 5.11 Å². The zero-order valence-electron chi connectivity index (χ0n) is 10.9. The molecule has 0 bridgehead atoms. The molecule has 0 radical (unpaired) electrons. The van der Waals surface area contributed by atoms with Crippen molar-refractivity contribution >= 4 is 23.9 Å². The summed E-state index contributed by atoms with van der Waals surface area (Å²) >= 11 is 0. The Morgan fingerprint density at radius 2 is 1.38 bits per heavy atom. The highest BCUT2D eigenvalue weighted by Gasteiger charge is 2.57. The van der Waals surface area contributed by atoms with Gasteiger partial charge in [0, 0.05) is 0 Å². The van der Waals surface area contributed by atoms with Gasteiger partial charge in [0.05, 0.1) is 36.2 Å². The monoisotopic (exact) mass is 298 g/mol. The molecule has 0 aromatic heterocycles. The van der Waals surface area contributed by atoms with E-state index >= 15 is 0 Å². The fraction of sp³-hybridized carbons (Fsp3) is 0.385. The van der Waals surface area contributed by atoms with Crippen LogP contribution in [0.25, 0.3) is 0 Å². The molecule has 8 heteroatoms. The van der Waals surface area contributed by atoms with Crippen LogP contribution in [0.15, 0.2) is 25.7 Å². The van der Waals surface area contributed by atoms with Crippen LogP contribution in [0.4, 0.5) is 0 Å². The Balaban J connectivity index is 3.22. The Bertz CT molecular complexity index is 494. The summed E-state index contributed by atoms with van der Waals surface area (Å²) in [6.45, 7) is 6.34. The second kappa shape index (κ2) is 6.69. The van der Waals surface area contributed by atoms with Gasteiger partial charge in [0.2, 0.25) is 0 Å². The summed E-state index contributed by atoms with van der Waals surface area (Å²) in [7, 11) is 0. The number of hydrogen-bond acceptors (Lipinski definition) is 6. The number of carboxylic acids is 2. The molecule has 1 aliphatic rings. The fourth-order valence-corrected chi connectivity index (χ4v) is 2.53. The van der Waals surface area contributed by atoms with Crippen molar-refractivity contribution in [2.45, 2.75) is 6.42 Å². The molecule has 1 aliphatic carbocycles. The van der Waals surface area contributed by atoms with Gasteiger partial charge in [-0.05, 0) is 6.42 Å². The van der Waals surface area contributed by atoms with Crippen molar-refractivity contribution in [2.75, 3.05) is 0 Å². The topological polar surface area (TPSA) is 127 Å². The highest BCUT2D eigenvalue weighted by Crippen LogP contribution is 2.43. The summed E-state index contributed by atoms with van der Waals surface area (Å²) in [4.78, 5) is 46.1. The van der Waals surface area contributed by atoms with E-state index < -0.39 is 47.5 Å². The van der Waals surface area contributed by atoms with Gasteiger partial charge in [0.15, 0.2) is 0 Å². The van der Waals surface area contributed by atoms with Gasteiger partial charge in [-0.1, -0.05) is 13.2 Å². The van der Waals surface area contributed by atoms with Gasteiger partial charge in [0.1, 0.15) is 0 Å². The first-order valence-corrected chi connectivity index (χ1v) is 5.93. The maximum absolute atomic E-state index is 11.9. The molecule has 1 fully saturated rings. The van der Waals surface area contributed by atoms with Crippen LogP contribution in [0.2, 0.25) is 0 Å². The molecule has 0 heterocycles. The van der Waals surface area contributed by atoms with Crippen LogP contribution in [-0.2, 0) is 28.7 Å². The quantitative estimate of drug-likeness (QED) is 0.532. The maximum Gasteiger partial charge on any atom is 0.315 e. The van der Waals surface area contributed by atoms with Crippen molar-refractivity contribution in [1.29, 1.82) is 0 Å². The lowest BCUT2D eigenvalue weighted by molar-refractivity contribution is -0.161. The Kier molecular flexibility index (Phi) is 5.23. The van der Waals surface area contributed by atoms with E-state index in [9.17, 15) is 24.3 Å². The SMILES string of the molecule is C=COC(=O)C1CC(C(=O)O)C(C(=O)O)C1C(=O)OC=C.